The number of hydrogen-bond donors (Lipinski definition) is 0. The number of Topliss-reactive ketones (excluding diaryl/α,β-unsaturated/α-hetero) is 1. The lowest BCUT2D eigenvalue weighted by Crippen LogP contribution is -2.03. The van der Waals surface area contributed by atoms with Crippen molar-refractivity contribution in [2.75, 3.05) is 13.2 Å². The fourth-order valence-corrected chi connectivity index (χ4v) is 2.23. The Balaban J connectivity index is 0.000000304. The van der Waals surface area contributed by atoms with E-state index in [4.69, 9.17) is 4.74 Å². The standard InChI is InChI=1S/C14H20O.C5H10O/c1-9(2)12-6-13(10(3)4)8-14(7-12)11(5)15;1-2-4-6-5-3-1/h6-10H,1-5H3;1-5H2. The Morgan fingerprint density at radius 2 is 1.38 bits per heavy atom. The van der Waals surface area contributed by atoms with Gasteiger partial charge < -0.3 is 4.74 Å². The molecule has 0 bridgehead atoms. The molecule has 0 amide bonds. The average Bonchev–Trinajstić information content (AvgIpc) is 2.49. The van der Waals surface area contributed by atoms with Crippen molar-refractivity contribution >= 4 is 5.78 Å². The van der Waals surface area contributed by atoms with Gasteiger partial charge in [-0.15, -0.1) is 0 Å². The van der Waals surface area contributed by atoms with Gasteiger partial charge in [0.2, 0.25) is 0 Å². The molecule has 1 aromatic carbocycles. The maximum absolute atomic E-state index is 11.4. The number of ether oxygens (including phenoxy) is 1. The van der Waals surface area contributed by atoms with Crippen LogP contribution in [0.25, 0.3) is 0 Å². The van der Waals surface area contributed by atoms with Crippen LogP contribution in [-0.2, 0) is 4.74 Å². The topological polar surface area (TPSA) is 26.3 Å². The van der Waals surface area contributed by atoms with E-state index in [-0.39, 0.29) is 5.78 Å². The molecule has 0 aromatic heterocycles. The summed E-state index contributed by atoms with van der Waals surface area (Å²) in [7, 11) is 0. The second-order valence-corrected chi connectivity index (χ2v) is 6.43. The Kier molecular flexibility index (Phi) is 7.66. The first-order valence-corrected chi connectivity index (χ1v) is 8.15. The van der Waals surface area contributed by atoms with Gasteiger partial charge in [-0.3, -0.25) is 4.79 Å². The third kappa shape index (κ3) is 6.43. The summed E-state index contributed by atoms with van der Waals surface area (Å²) in [5.41, 5.74) is 3.35. The van der Waals surface area contributed by atoms with E-state index >= 15 is 0 Å². The molecule has 2 heteroatoms. The van der Waals surface area contributed by atoms with Gasteiger partial charge in [-0.05, 0) is 61.3 Å². The third-order valence-corrected chi connectivity index (χ3v) is 3.79. The lowest BCUT2D eigenvalue weighted by Gasteiger charge is -2.13. The zero-order chi connectivity index (χ0) is 15.8. The molecule has 0 unspecified atom stereocenters. The van der Waals surface area contributed by atoms with Crippen LogP contribution < -0.4 is 0 Å². The predicted molar refractivity (Wildman–Crippen MR) is 89.3 cm³/mol. The number of benzene rings is 1. The highest BCUT2D eigenvalue weighted by molar-refractivity contribution is 5.94. The van der Waals surface area contributed by atoms with E-state index in [1.54, 1.807) is 6.92 Å². The molecule has 2 nitrogen and oxygen atoms in total. The summed E-state index contributed by atoms with van der Waals surface area (Å²) in [6.07, 6.45) is 3.93. The molecule has 0 aliphatic carbocycles. The van der Waals surface area contributed by atoms with Gasteiger partial charge in [0.25, 0.3) is 0 Å². The molecule has 0 spiro atoms. The number of rotatable bonds is 3. The fourth-order valence-electron chi connectivity index (χ4n) is 2.23. The Labute approximate surface area is 129 Å². The van der Waals surface area contributed by atoms with Crippen LogP contribution in [-0.4, -0.2) is 19.0 Å². The SMILES string of the molecule is C1CCOCC1.CC(=O)c1cc(C(C)C)cc(C(C)C)c1. The van der Waals surface area contributed by atoms with Gasteiger partial charge in [-0.1, -0.05) is 33.8 Å². The van der Waals surface area contributed by atoms with Gasteiger partial charge in [0, 0.05) is 18.8 Å². The summed E-state index contributed by atoms with van der Waals surface area (Å²) in [4.78, 5) is 11.4. The van der Waals surface area contributed by atoms with Crippen molar-refractivity contribution in [3.05, 3.63) is 34.9 Å². The van der Waals surface area contributed by atoms with E-state index in [9.17, 15) is 4.79 Å². The van der Waals surface area contributed by atoms with E-state index in [2.05, 4.69) is 33.8 Å². The molecular weight excluding hydrogens is 260 g/mol. The quantitative estimate of drug-likeness (QED) is 0.704. The van der Waals surface area contributed by atoms with Gasteiger partial charge in [0.05, 0.1) is 0 Å². The van der Waals surface area contributed by atoms with Crippen LogP contribution >= 0.6 is 0 Å². The second kappa shape index (κ2) is 8.99. The molecular formula is C19H30O2. The molecule has 21 heavy (non-hydrogen) atoms. The van der Waals surface area contributed by atoms with Gasteiger partial charge in [-0.2, -0.15) is 0 Å². The van der Waals surface area contributed by atoms with Crippen LogP contribution in [0.4, 0.5) is 0 Å². The molecule has 0 atom stereocenters. The molecule has 1 heterocycles. The van der Waals surface area contributed by atoms with Crippen molar-refractivity contribution < 1.29 is 9.53 Å². The predicted octanol–water partition coefficient (Wildman–Crippen LogP) is 5.32. The lowest BCUT2D eigenvalue weighted by molar-refractivity contribution is 0.0968. The average molecular weight is 290 g/mol. The zero-order valence-corrected chi connectivity index (χ0v) is 14.2. The summed E-state index contributed by atoms with van der Waals surface area (Å²) in [5.74, 6) is 1.10. The first kappa shape index (κ1) is 17.9. The monoisotopic (exact) mass is 290 g/mol. The van der Waals surface area contributed by atoms with E-state index < -0.39 is 0 Å². The Morgan fingerprint density at radius 1 is 0.905 bits per heavy atom. The van der Waals surface area contributed by atoms with Gasteiger partial charge >= 0.3 is 0 Å². The van der Waals surface area contributed by atoms with E-state index in [1.807, 2.05) is 12.1 Å². The maximum Gasteiger partial charge on any atom is 0.159 e. The molecule has 1 aliphatic heterocycles. The zero-order valence-electron chi connectivity index (χ0n) is 14.2. The number of carbonyl (C=O) groups excluding carboxylic acids is 1. The highest BCUT2D eigenvalue weighted by Crippen LogP contribution is 2.23. The Bertz CT molecular complexity index is 405. The van der Waals surface area contributed by atoms with E-state index in [0.717, 1.165) is 18.8 Å². The molecule has 0 radical (unpaired) electrons. The third-order valence-electron chi connectivity index (χ3n) is 3.79. The van der Waals surface area contributed by atoms with Crippen molar-refractivity contribution in [1.29, 1.82) is 0 Å². The van der Waals surface area contributed by atoms with Crippen molar-refractivity contribution in [3.8, 4) is 0 Å². The molecule has 1 aromatic rings. The number of carbonyl (C=O) groups is 1. The molecule has 0 N–H and O–H groups in total. The van der Waals surface area contributed by atoms with Crippen molar-refractivity contribution in [1.82, 2.24) is 0 Å². The molecule has 1 aliphatic rings. The Hall–Kier alpha value is -1.15. The second-order valence-electron chi connectivity index (χ2n) is 6.43. The number of hydrogen-bond acceptors (Lipinski definition) is 2. The fraction of sp³-hybridized carbons (Fsp3) is 0.632. The van der Waals surface area contributed by atoms with E-state index in [0.29, 0.717) is 11.8 Å². The van der Waals surface area contributed by atoms with Crippen LogP contribution in [0.2, 0.25) is 0 Å². The molecule has 1 fully saturated rings. The highest BCUT2D eigenvalue weighted by Gasteiger charge is 2.09. The Morgan fingerprint density at radius 3 is 1.62 bits per heavy atom. The highest BCUT2D eigenvalue weighted by atomic mass is 16.5. The summed E-state index contributed by atoms with van der Waals surface area (Å²) >= 11 is 0. The minimum absolute atomic E-state index is 0.152. The van der Waals surface area contributed by atoms with Crippen LogP contribution in [0.3, 0.4) is 0 Å². The van der Waals surface area contributed by atoms with Gasteiger partial charge in [0.15, 0.2) is 5.78 Å². The number of ketones is 1. The molecule has 0 saturated carbocycles. The van der Waals surface area contributed by atoms with E-state index in [1.165, 1.54) is 30.4 Å². The van der Waals surface area contributed by atoms with Crippen molar-refractivity contribution in [2.24, 2.45) is 0 Å². The largest absolute Gasteiger partial charge is 0.381 e. The summed E-state index contributed by atoms with van der Waals surface area (Å²) in [6, 6.07) is 6.24. The first-order valence-electron chi connectivity index (χ1n) is 8.15. The van der Waals surface area contributed by atoms with Crippen LogP contribution in [0.1, 0.15) is 87.2 Å². The van der Waals surface area contributed by atoms with Gasteiger partial charge in [-0.25, -0.2) is 0 Å². The van der Waals surface area contributed by atoms with Crippen LogP contribution in [0.5, 0.6) is 0 Å². The summed E-state index contributed by atoms with van der Waals surface area (Å²) < 4.78 is 5.07. The molecule has 1 saturated heterocycles. The van der Waals surface area contributed by atoms with Crippen molar-refractivity contribution in [3.63, 3.8) is 0 Å². The van der Waals surface area contributed by atoms with Crippen LogP contribution in [0.15, 0.2) is 18.2 Å². The maximum atomic E-state index is 11.4. The summed E-state index contributed by atoms with van der Waals surface area (Å²) in [5, 5.41) is 0. The van der Waals surface area contributed by atoms with Crippen molar-refractivity contribution in [2.45, 2.75) is 65.7 Å². The molecule has 2 rings (SSSR count). The normalized spacial score (nSPS) is 14.8. The van der Waals surface area contributed by atoms with Gasteiger partial charge in [0.1, 0.15) is 0 Å². The minimum Gasteiger partial charge on any atom is -0.381 e. The summed E-state index contributed by atoms with van der Waals surface area (Å²) in [6.45, 7) is 12.3. The lowest BCUT2D eigenvalue weighted by atomic mass is 9.92. The van der Waals surface area contributed by atoms with Crippen LogP contribution in [0, 0.1) is 0 Å². The minimum atomic E-state index is 0.152. The molecule has 118 valence electrons. The first-order chi connectivity index (χ1) is 9.91. The smallest absolute Gasteiger partial charge is 0.159 e.